The molecule has 0 saturated heterocycles. The number of aldehydes is 1. The lowest BCUT2D eigenvalue weighted by Gasteiger charge is -1.87. The van der Waals surface area contributed by atoms with Crippen LogP contribution >= 0.6 is 0 Å². The number of carbonyl (C=O) groups excluding carboxylic acids is 1. The number of carbonyl (C=O) groups is 1. The summed E-state index contributed by atoms with van der Waals surface area (Å²) in [5.41, 5.74) is 0.837. The summed E-state index contributed by atoms with van der Waals surface area (Å²) in [6.45, 7) is 0. The molecule has 1 heterocycles. The maximum Gasteiger partial charge on any atom is 0.151 e. The average Bonchev–Trinajstić information content (AvgIpc) is 2.05. The molecule has 10 heavy (non-hydrogen) atoms. The van der Waals surface area contributed by atoms with Crippen molar-refractivity contribution in [3.8, 4) is 6.07 Å². The number of aromatic nitrogens is 1. The zero-order chi connectivity index (χ0) is 7.40. The van der Waals surface area contributed by atoms with E-state index in [0.717, 1.165) is 0 Å². The molecule has 0 aromatic carbocycles. The largest absolute Gasteiger partial charge is 0.298 e. The predicted molar refractivity (Wildman–Crippen MR) is 34.3 cm³/mol. The normalized spacial score (nSPS) is 8.30. The van der Waals surface area contributed by atoms with Gasteiger partial charge in [-0.1, -0.05) is 0 Å². The molecular formula is C7H4N2O. The maximum absolute atomic E-state index is 10.1. The third-order valence-electron chi connectivity index (χ3n) is 1.02. The van der Waals surface area contributed by atoms with E-state index in [4.69, 9.17) is 5.26 Å². The summed E-state index contributed by atoms with van der Waals surface area (Å²) in [6, 6.07) is 3.37. The molecule has 1 aromatic heterocycles. The van der Waals surface area contributed by atoms with Crippen LogP contribution in [0.5, 0.6) is 0 Å². The molecule has 48 valence electrons. The molecule has 3 nitrogen and oxygen atoms in total. The van der Waals surface area contributed by atoms with Gasteiger partial charge in [0.15, 0.2) is 6.29 Å². The van der Waals surface area contributed by atoms with Crippen molar-refractivity contribution < 1.29 is 4.79 Å². The molecule has 3 heteroatoms. The number of nitrogens with zero attached hydrogens (tertiary/aromatic N) is 2. The highest BCUT2D eigenvalue weighted by Crippen LogP contribution is 1.96. The van der Waals surface area contributed by atoms with Crippen molar-refractivity contribution in [1.29, 1.82) is 5.26 Å². The summed E-state index contributed by atoms with van der Waals surface area (Å²) >= 11 is 0. The Labute approximate surface area is 57.9 Å². The molecule has 1 aromatic rings. The highest BCUT2D eigenvalue weighted by molar-refractivity contribution is 5.74. The van der Waals surface area contributed by atoms with Crippen molar-refractivity contribution in [3.63, 3.8) is 0 Å². The lowest BCUT2D eigenvalue weighted by atomic mass is 10.2. The molecule has 0 spiro atoms. The van der Waals surface area contributed by atoms with E-state index in [1.807, 2.05) is 6.07 Å². The zero-order valence-electron chi connectivity index (χ0n) is 5.11. The summed E-state index contributed by atoms with van der Waals surface area (Å²) in [4.78, 5) is 13.8. The van der Waals surface area contributed by atoms with E-state index >= 15 is 0 Å². The van der Waals surface area contributed by atoms with Gasteiger partial charge >= 0.3 is 0 Å². The fourth-order valence-electron chi connectivity index (χ4n) is 0.583. The van der Waals surface area contributed by atoms with E-state index in [9.17, 15) is 4.79 Å². The second-order valence-corrected chi connectivity index (χ2v) is 1.74. The van der Waals surface area contributed by atoms with Gasteiger partial charge in [-0.05, 0) is 6.07 Å². The second-order valence-electron chi connectivity index (χ2n) is 1.74. The molecule has 0 aliphatic rings. The Kier molecular flexibility index (Phi) is 1.76. The van der Waals surface area contributed by atoms with Crippen molar-refractivity contribution in [2.75, 3.05) is 0 Å². The minimum atomic E-state index is 0.407. The summed E-state index contributed by atoms with van der Waals surface area (Å²) in [5.74, 6) is 0. The van der Waals surface area contributed by atoms with Crippen LogP contribution in [0.3, 0.4) is 0 Å². The Morgan fingerprint density at radius 1 is 1.60 bits per heavy atom. The minimum Gasteiger partial charge on any atom is -0.298 e. The van der Waals surface area contributed by atoms with Crippen LogP contribution in [0.2, 0.25) is 0 Å². The average molecular weight is 132 g/mol. The Morgan fingerprint density at radius 3 is 3.00 bits per heavy atom. The van der Waals surface area contributed by atoms with Crippen molar-refractivity contribution >= 4 is 6.29 Å². The van der Waals surface area contributed by atoms with E-state index in [1.54, 1.807) is 0 Å². The molecular weight excluding hydrogens is 128 g/mol. The summed E-state index contributed by atoms with van der Waals surface area (Å²) in [6.07, 6.45) is 3.48. The van der Waals surface area contributed by atoms with Crippen molar-refractivity contribution in [3.05, 3.63) is 29.6 Å². The van der Waals surface area contributed by atoms with Gasteiger partial charge in [-0.3, -0.25) is 9.78 Å². The Hall–Kier alpha value is -1.69. The smallest absolute Gasteiger partial charge is 0.151 e. The Morgan fingerprint density at radius 2 is 2.40 bits per heavy atom. The van der Waals surface area contributed by atoms with Crippen molar-refractivity contribution in [2.24, 2.45) is 0 Å². The van der Waals surface area contributed by atoms with Crippen LogP contribution in [0.25, 0.3) is 0 Å². The number of pyridine rings is 1. The highest BCUT2D eigenvalue weighted by Gasteiger charge is 1.91. The van der Waals surface area contributed by atoms with Crippen molar-refractivity contribution in [1.82, 2.24) is 4.98 Å². The van der Waals surface area contributed by atoms with Gasteiger partial charge in [-0.2, -0.15) is 5.26 Å². The van der Waals surface area contributed by atoms with Gasteiger partial charge in [0.05, 0.1) is 5.56 Å². The first-order chi connectivity index (χ1) is 4.86. The molecule has 0 atom stereocenters. The van der Waals surface area contributed by atoms with Crippen LogP contribution in [-0.2, 0) is 0 Å². The summed E-state index contributed by atoms with van der Waals surface area (Å²) in [5, 5.41) is 8.35. The van der Waals surface area contributed by atoms with E-state index in [1.165, 1.54) is 18.5 Å². The summed E-state index contributed by atoms with van der Waals surface area (Å²) < 4.78 is 0. The fourth-order valence-corrected chi connectivity index (χ4v) is 0.583. The van der Waals surface area contributed by atoms with Crippen LogP contribution in [0, 0.1) is 11.3 Å². The molecule has 0 aliphatic carbocycles. The SMILES string of the molecule is N#Cc1cncc(C=O)c1. The number of hydrogen-bond donors (Lipinski definition) is 0. The molecule has 1 rings (SSSR count). The molecule has 0 radical (unpaired) electrons. The van der Waals surface area contributed by atoms with Gasteiger partial charge in [0.2, 0.25) is 0 Å². The minimum absolute atomic E-state index is 0.407. The van der Waals surface area contributed by atoms with Gasteiger partial charge in [0.25, 0.3) is 0 Å². The first kappa shape index (κ1) is 6.43. The van der Waals surface area contributed by atoms with Crippen LogP contribution in [0.1, 0.15) is 15.9 Å². The first-order valence-electron chi connectivity index (χ1n) is 2.67. The maximum atomic E-state index is 10.1. The van der Waals surface area contributed by atoms with Crippen LogP contribution < -0.4 is 0 Å². The van der Waals surface area contributed by atoms with Crippen LogP contribution in [0.4, 0.5) is 0 Å². The fraction of sp³-hybridized carbons (Fsp3) is 0. The molecule has 0 N–H and O–H groups in total. The molecule has 0 amide bonds. The second kappa shape index (κ2) is 2.74. The van der Waals surface area contributed by atoms with Gasteiger partial charge in [0.1, 0.15) is 6.07 Å². The third kappa shape index (κ3) is 1.17. The predicted octanol–water partition coefficient (Wildman–Crippen LogP) is 0.766. The lowest BCUT2D eigenvalue weighted by Crippen LogP contribution is -1.83. The number of hydrogen-bond acceptors (Lipinski definition) is 3. The van der Waals surface area contributed by atoms with E-state index < -0.39 is 0 Å². The number of nitriles is 1. The molecule has 0 bridgehead atoms. The molecule has 0 fully saturated rings. The van der Waals surface area contributed by atoms with Gasteiger partial charge in [-0.25, -0.2) is 0 Å². The Balaban J connectivity index is 3.13. The van der Waals surface area contributed by atoms with Crippen molar-refractivity contribution in [2.45, 2.75) is 0 Å². The topological polar surface area (TPSA) is 53.8 Å². The monoisotopic (exact) mass is 132 g/mol. The standard InChI is InChI=1S/C7H4N2O/c8-2-6-1-7(5-10)4-9-3-6/h1,3-5H. The van der Waals surface area contributed by atoms with Crippen LogP contribution in [0.15, 0.2) is 18.5 Å². The van der Waals surface area contributed by atoms with Gasteiger partial charge < -0.3 is 0 Å². The highest BCUT2D eigenvalue weighted by atomic mass is 16.1. The van der Waals surface area contributed by atoms with Gasteiger partial charge in [0, 0.05) is 18.0 Å². The quantitative estimate of drug-likeness (QED) is 0.530. The molecule has 0 aliphatic heterocycles. The van der Waals surface area contributed by atoms with E-state index in [2.05, 4.69) is 4.98 Å². The molecule has 0 unspecified atom stereocenters. The van der Waals surface area contributed by atoms with Gasteiger partial charge in [-0.15, -0.1) is 0 Å². The van der Waals surface area contributed by atoms with E-state index in [0.29, 0.717) is 17.4 Å². The third-order valence-corrected chi connectivity index (χ3v) is 1.02. The number of rotatable bonds is 1. The van der Waals surface area contributed by atoms with E-state index in [-0.39, 0.29) is 0 Å². The Bertz CT molecular complexity index is 288. The lowest BCUT2D eigenvalue weighted by molar-refractivity contribution is 0.112. The molecule has 0 saturated carbocycles. The first-order valence-corrected chi connectivity index (χ1v) is 2.67. The zero-order valence-corrected chi connectivity index (χ0v) is 5.11. The van der Waals surface area contributed by atoms with Crippen LogP contribution in [-0.4, -0.2) is 11.3 Å². The summed E-state index contributed by atoms with van der Waals surface area (Å²) in [7, 11) is 0.